The van der Waals surface area contributed by atoms with Crippen LogP contribution in [0.2, 0.25) is 0 Å². The van der Waals surface area contributed by atoms with Gasteiger partial charge >= 0.3 is 5.97 Å². The van der Waals surface area contributed by atoms with Gasteiger partial charge < -0.3 is 5.11 Å². The molecule has 0 spiro atoms. The van der Waals surface area contributed by atoms with Crippen molar-refractivity contribution < 1.29 is 22.7 Å². The Labute approximate surface area is 124 Å². The number of hydrogen-bond donors (Lipinski definition) is 2. The predicted octanol–water partition coefficient (Wildman–Crippen LogP) is 2.79. The van der Waals surface area contributed by atoms with E-state index in [2.05, 4.69) is 4.72 Å². The maximum Gasteiger partial charge on any atom is 0.328 e. The molecule has 0 unspecified atom stereocenters. The summed E-state index contributed by atoms with van der Waals surface area (Å²) in [6.07, 6.45) is 1.83. The molecule has 0 fully saturated rings. The summed E-state index contributed by atoms with van der Waals surface area (Å²) in [5.74, 6) is -1.87. The summed E-state index contributed by atoms with van der Waals surface area (Å²) in [7, 11) is -3.73. The molecule has 1 aromatic carbocycles. The highest BCUT2D eigenvalue weighted by molar-refractivity contribution is 7.94. The lowest BCUT2D eigenvalue weighted by Crippen LogP contribution is -2.11. The molecule has 110 valence electrons. The second kappa shape index (κ2) is 6.06. The summed E-state index contributed by atoms with van der Waals surface area (Å²) in [6, 6.07) is 6.60. The smallest absolute Gasteiger partial charge is 0.328 e. The van der Waals surface area contributed by atoms with Crippen LogP contribution in [0.3, 0.4) is 0 Å². The van der Waals surface area contributed by atoms with Gasteiger partial charge in [-0.2, -0.15) is 0 Å². The van der Waals surface area contributed by atoms with Crippen LogP contribution in [0.5, 0.6) is 0 Å². The fourth-order valence-corrected chi connectivity index (χ4v) is 3.56. The molecule has 0 atom stereocenters. The number of rotatable bonds is 5. The number of sulfonamides is 1. The van der Waals surface area contributed by atoms with Crippen LogP contribution in [0.4, 0.5) is 10.1 Å². The zero-order valence-corrected chi connectivity index (χ0v) is 12.1. The second-order valence-electron chi connectivity index (χ2n) is 3.95. The van der Waals surface area contributed by atoms with Crippen molar-refractivity contribution in [2.24, 2.45) is 0 Å². The summed E-state index contributed by atoms with van der Waals surface area (Å²) in [5, 5.41) is 10.2. The maximum atomic E-state index is 13.5. The number of benzene rings is 1. The van der Waals surface area contributed by atoms with Crippen molar-refractivity contribution in [1.82, 2.24) is 0 Å². The summed E-state index contributed by atoms with van der Waals surface area (Å²) in [6.45, 7) is 0. The number of halogens is 1. The normalized spacial score (nSPS) is 11.7. The molecule has 0 amide bonds. The largest absolute Gasteiger partial charge is 0.478 e. The molecule has 2 N–H and O–H groups in total. The van der Waals surface area contributed by atoms with Gasteiger partial charge in [-0.05, 0) is 35.7 Å². The van der Waals surface area contributed by atoms with Crippen LogP contribution in [0.15, 0.2) is 46.0 Å². The number of carboxylic acids is 1. The van der Waals surface area contributed by atoms with Crippen LogP contribution in [0.1, 0.15) is 5.56 Å². The zero-order valence-electron chi connectivity index (χ0n) is 10.5. The summed E-state index contributed by atoms with van der Waals surface area (Å²) < 4.78 is 40.0. The number of aliphatic carboxylic acids is 1. The van der Waals surface area contributed by atoms with Crippen LogP contribution in [0.25, 0.3) is 6.08 Å². The molecule has 1 heterocycles. The van der Waals surface area contributed by atoms with Gasteiger partial charge in [-0.1, -0.05) is 6.07 Å². The van der Waals surface area contributed by atoms with E-state index in [1.165, 1.54) is 18.2 Å². The Kier molecular flexibility index (Phi) is 4.39. The number of carbonyl (C=O) groups is 1. The Morgan fingerprint density at radius 1 is 1.33 bits per heavy atom. The lowest BCUT2D eigenvalue weighted by molar-refractivity contribution is -0.131. The number of thiophene rings is 1. The number of carboxylic acid groups (broad SMARTS) is 1. The van der Waals surface area contributed by atoms with E-state index in [1.807, 2.05) is 0 Å². The van der Waals surface area contributed by atoms with Gasteiger partial charge in [0.1, 0.15) is 10.0 Å². The van der Waals surface area contributed by atoms with Crippen molar-refractivity contribution in [2.75, 3.05) is 4.72 Å². The average Bonchev–Trinajstić information content (AvgIpc) is 2.93. The Balaban J connectivity index is 2.30. The third-order valence-corrected chi connectivity index (χ3v) is 5.19. The van der Waals surface area contributed by atoms with Crippen LogP contribution in [-0.2, 0) is 14.8 Å². The molecule has 21 heavy (non-hydrogen) atoms. The molecular weight excluding hydrogens is 317 g/mol. The van der Waals surface area contributed by atoms with Gasteiger partial charge in [-0.25, -0.2) is 17.6 Å². The van der Waals surface area contributed by atoms with Gasteiger partial charge in [0.05, 0.1) is 0 Å². The van der Waals surface area contributed by atoms with Crippen molar-refractivity contribution in [2.45, 2.75) is 4.21 Å². The minimum atomic E-state index is -3.73. The molecule has 5 nitrogen and oxygen atoms in total. The first-order chi connectivity index (χ1) is 9.88. The molecule has 0 aliphatic rings. The van der Waals surface area contributed by atoms with Crippen LogP contribution in [-0.4, -0.2) is 19.5 Å². The Bertz CT molecular complexity index is 783. The fraction of sp³-hybridized carbons (Fsp3) is 0. The summed E-state index contributed by atoms with van der Waals surface area (Å²) in [5.41, 5.74) is 0.124. The van der Waals surface area contributed by atoms with Crippen molar-refractivity contribution in [3.05, 3.63) is 53.2 Å². The topological polar surface area (TPSA) is 83.5 Å². The Morgan fingerprint density at radius 2 is 2.10 bits per heavy atom. The number of hydrogen-bond acceptors (Lipinski definition) is 4. The lowest BCUT2D eigenvalue weighted by Gasteiger charge is -2.07. The molecule has 0 saturated carbocycles. The van der Waals surface area contributed by atoms with E-state index in [0.717, 1.165) is 29.6 Å². The average molecular weight is 327 g/mol. The highest BCUT2D eigenvalue weighted by atomic mass is 32.2. The third-order valence-electron chi connectivity index (χ3n) is 2.41. The Hall–Kier alpha value is -2.19. The van der Waals surface area contributed by atoms with E-state index in [-0.39, 0.29) is 15.5 Å². The molecule has 2 aromatic rings. The maximum absolute atomic E-state index is 13.5. The van der Waals surface area contributed by atoms with Gasteiger partial charge in [0.25, 0.3) is 10.0 Å². The van der Waals surface area contributed by atoms with E-state index in [4.69, 9.17) is 5.11 Å². The molecule has 0 saturated heterocycles. The standard InChI is InChI=1S/C13H10FNO4S2/c14-11-5-4-10(8-9(11)3-6-12(16)17)15-21(18,19)13-2-1-7-20-13/h1-8,15H,(H,16,17)/b6-3+. The summed E-state index contributed by atoms with van der Waals surface area (Å²) >= 11 is 1.05. The van der Waals surface area contributed by atoms with Crippen molar-refractivity contribution >= 4 is 39.1 Å². The third kappa shape index (κ3) is 3.89. The molecule has 0 aliphatic heterocycles. The van der Waals surface area contributed by atoms with Gasteiger partial charge in [0.2, 0.25) is 0 Å². The van der Waals surface area contributed by atoms with Gasteiger partial charge in [-0.3, -0.25) is 4.72 Å². The molecule has 0 radical (unpaired) electrons. The minimum Gasteiger partial charge on any atom is -0.478 e. The Morgan fingerprint density at radius 3 is 2.71 bits per heavy atom. The highest BCUT2D eigenvalue weighted by Crippen LogP contribution is 2.22. The van der Waals surface area contributed by atoms with Crippen molar-refractivity contribution in [1.29, 1.82) is 0 Å². The summed E-state index contributed by atoms with van der Waals surface area (Å²) in [4.78, 5) is 10.4. The van der Waals surface area contributed by atoms with Gasteiger partial charge in [0, 0.05) is 17.3 Å². The second-order valence-corrected chi connectivity index (χ2v) is 6.80. The molecular formula is C13H10FNO4S2. The first-order valence-electron chi connectivity index (χ1n) is 5.65. The molecule has 0 bridgehead atoms. The lowest BCUT2D eigenvalue weighted by atomic mass is 10.2. The fourth-order valence-electron chi connectivity index (χ4n) is 1.52. The van der Waals surface area contributed by atoms with E-state index >= 15 is 0 Å². The van der Waals surface area contributed by atoms with Gasteiger partial charge in [-0.15, -0.1) is 11.3 Å². The number of nitrogens with one attached hydrogen (secondary N) is 1. The first-order valence-corrected chi connectivity index (χ1v) is 8.01. The van der Waals surface area contributed by atoms with E-state index in [0.29, 0.717) is 0 Å². The van der Waals surface area contributed by atoms with E-state index in [9.17, 15) is 17.6 Å². The van der Waals surface area contributed by atoms with Gasteiger partial charge in [0.15, 0.2) is 0 Å². The molecule has 2 rings (SSSR count). The first kappa shape index (κ1) is 15.2. The SMILES string of the molecule is O=C(O)/C=C/c1cc(NS(=O)(=O)c2cccs2)ccc1F. The molecule has 1 aromatic heterocycles. The van der Waals surface area contributed by atoms with Crippen LogP contribution in [0, 0.1) is 5.82 Å². The molecule has 8 heteroatoms. The molecule has 0 aliphatic carbocycles. The van der Waals surface area contributed by atoms with E-state index in [1.54, 1.807) is 11.4 Å². The predicted molar refractivity (Wildman–Crippen MR) is 78.2 cm³/mol. The number of anilines is 1. The van der Waals surface area contributed by atoms with E-state index < -0.39 is 21.8 Å². The van der Waals surface area contributed by atoms with Crippen molar-refractivity contribution in [3.8, 4) is 0 Å². The monoisotopic (exact) mass is 327 g/mol. The quantitative estimate of drug-likeness (QED) is 0.827. The van der Waals surface area contributed by atoms with Crippen molar-refractivity contribution in [3.63, 3.8) is 0 Å². The zero-order chi connectivity index (χ0) is 15.5. The van der Waals surface area contributed by atoms with Crippen LogP contribution < -0.4 is 4.72 Å². The minimum absolute atomic E-state index is 0.0243. The van der Waals surface area contributed by atoms with Crippen LogP contribution >= 0.6 is 11.3 Å². The highest BCUT2D eigenvalue weighted by Gasteiger charge is 2.15.